The first-order valence-corrected chi connectivity index (χ1v) is 6.48. The second kappa shape index (κ2) is 5.59. The molecule has 1 amide bonds. The molecule has 0 aliphatic carbocycles. The number of carbonyl (C=O) groups is 1. The molecule has 0 aromatic heterocycles. The molecule has 0 radical (unpaired) electrons. The fourth-order valence-electron chi connectivity index (χ4n) is 2.29. The van der Waals surface area contributed by atoms with E-state index >= 15 is 0 Å². The molecule has 1 aliphatic rings. The maximum Gasteiger partial charge on any atom is 0.219 e. The Morgan fingerprint density at radius 3 is 2.56 bits per heavy atom. The van der Waals surface area contributed by atoms with Crippen LogP contribution in [-0.4, -0.2) is 37.0 Å². The summed E-state index contributed by atoms with van der Waals surface area (Å²) in [5.74, 6) is 0.143. The Balaban J connectivity index is 2.12. The number of anilines is 1. The van der Waals surface area contributed by atoms with Crippen LogP contribution in [0.15, 0.2) is 18.2 Å². The Kier molecular flexibility index (Phi) is 4.09. The van der Waals surface area contributed by atoms with Crippen molar-refractivity contribution >= 4 is 23.2 Å². The Morgan fingerprint density at radius 2 is 2.00 bits per heavy atom. The molecular formula is C13H18ClN3O. The molecule has 0 atom stereocenters. The number of nitrogens with zero attached hydrogens (tertiary/aromatic N) is 2. The van der Waals surface area contributed by atoms with Gasteiger partial charge in [0, 0.05) is 50.4 Å². The highest BCUT2D eigenvalue weighted by Gasteiger charge is 2.20. The van der Waals surface area contributed by atoms with E-state index < -0.39 is 0 Å². The number of nitrogens with two attached hydrogens (primary N) is 1. The molecule has 4 nitrogen and oxygen atoms in total. The lowest BCUT2D eigenvalue weighted by Crippen LogP contribution is -2.48. The summed E-state index contributed by atoms with van der Waals surface area (Å²) >= 11 is 5.97. The average Bonchev–Trinajstić information content (AvgIpc) is 2.38. The van der Waals surface area contributed by atoms with Crippen LogP contribution in [0.4, 0.5) is 5.69 Å². The largest absolute Gasteiger partial charge is 0.368 e. The van der Waals surface area contributed by atoms with E-state index in [0.29, 0.717) is 11.6 Å². The van der Waals surface area contributed by atoms with Crippen molar-refractivity contribution in [2.45, 2.75) is 13.5 Å². The zero-order chi connectivity index (χ0) is 13.1. The lowest BCUT2D eigenvalue weighted by atomic mass is 10.1. The number of amides is 1. The van der Waals surface area contributed by atoms with Crippen LogP contribution in [0.5, 0.6) is 0 Å². The summed E-state index contributed by atoms with van der Waals surface area (Å²) in [6.45, 7) is 5.30. The van der Waals surface area contributed by atoms with E-state index in [-0.39, 0.29) is 5.91 Å². The highest BCUT2D eigenvalue weighted by molar-refractivity contribution is 6.30. The van der Waals surface area contributed by atoms with Gasteiger partial charge in [-0.3, -0.25) is 4.79 Å². The van der Waals surface area contributed by atoms with Gasteiger partial charge in [0.05, 0.1) is 0 Å². The van der Waals surface area contributed by atoms with Crippen LogP contribution in [0.2, 0.25) is 5.02 Å². The van der Waals surface area contributed by atoms with Crippen LogP contribution in [0.25, 0.3) is 0 Å². The van der Waals surface area contributed by atoms with Crippen LogP contribution in [-0.2, 0) is 11.3 Å². The maximum absolute atomic E-state index is 11.3. The molecule has 1 heterocycles. The zero-order valence-electron chi connectivity index (χ0n) is 10.5. The first-order chi connectivity index (χ1) is 8.61. The molecule has 18 heavy (non-hydrogen) atoms. The van der Waals surface area contributed by atoms with E-state index in [4.69, 9.17) is 17.3 Å². The highest BCUT2D eigenvalue weighted by atomic mass is 35.5. The summed E-state index contributed by atoms with van der Waals surface area (Å²) in [5, 5.41) is 0.710. The molecule has 1 fully saturated rings. The Labute approximate surface area is 112 Å². The Bertz CT molecular complexity index is 442. The summed E-state index contributed by atoms with van der Waals surface area (Å²) in [5.41, 5.74) is 7.94. The van der Waals surface area contributed by atoms with Crippen LogP contribution < -0.4 is 10.6 Å². The summed E-state index contributed by atoms with van der Waals surface area (Å²) in [6.07, 6.45) is 0. The Morgan fingerprint density at radius 1 is 1.33 bits per heavy atom. The molecule has 2 rings (SSSR count). The monoisotopic (exact) mass is 267 g/mol. The second-order valence-corrected chi connectivity index (χ2v) is 4.91. The van der Waals surface area contributed by atoms with Crippen molar-refractivity contribution < 1.29 is 4.79 Å². The molecule has 0 unspecified atom stereocenters. The lowest BCUT2D eigenvalue weighted by molar-refractivity contribution is -0.129. The van der Waals surface area contributed by atoms with Crippen molar-refractivity contribution in [3.63, 3.8) is 0 Å². The molecule has 0 saturated carbocycles. The fraction of sp³-hybridized carbons (Fsp3) is 0.462. The van der Waals surface area contributed by atoms with E-state index in [0.717, 1.165) is 37.4 Å². The smallest absolute Gasteiger partial charge is 0.219 e. The van der Waals surface area contributed by atoms with Gasteiger partial charge in [-0.15, -0.1) is 0 Å². The molecule has 0 bridgehead atoms. The molecule has 1 aromatic carbocycles. The first kappa shape index (κ1) is 13.2. The SMILES string of the molecule is CC(=O)N1CCN(c2ccc(Cl)cc2CN)CC1. The molecule has 2 N–H and O–H groups in total. The molecule has 0 spiro atoms. The van der Waals surface area contributed by atoms with E-state index in [1.54, 1.807) is 6.92 Å². The summed E-state index contributed by atoms with van der Waals surface area (Å²) < 4.78 is 0. The van der Waals surface area contributed by atoms with Gasteiger partial charge in [-0.05, 0) is 23.8 Å². The summed E-state index contributed by atoms with van der Waals surface area (Å²) in [7, 11) is 0. The second-order valence-electron chi connectivity index (χ2n) is 4.47. The van der Waals surface area contributed by atoms with Gasteiger partial charge in [0.2, 0.25) is 5.91 Å². The summed E-state index contributed by atoms with van der Waals surface area (Å²) in [4.78, 5) is 15.4. The van der Waals surface area contributed by atoms with Gasteiger partial charge in [0.25, 0.3) is 0 Å². The van der Waals surface area contributed by atoms with Crippen molar-refractivity contribution in [1.29, 1.82) is 0 Å². The third-order valence-electron chi connectivity index (χ3n) is 3.33. The minimum absolute atomic E-state index is 0.143. The van der Waals surface area contributed by atoms with Crippen molar-refractivity contribution in [3.8, 4) is 0 Å². The minimum Gasteiger partial charge on any atom is -0.368 e. The molecule has 1 aromatic rings. The fourth-order valence-corrected chi connectivity index (χ4v) is 2.48. The van der Waals surface area contributed by atoms with E-state index in [9.17, 15) is 4.79 Å². The molecule has 5 heteroatoms. The Hall–Kier alpha value is -1.26. The van der Waals surface area contributed by atoms with Crippen LogP contribution in [0, 0.1) is 0 Å². The average molecular weight is 268 g/mol. The topological polar surface area (TPSA) is 49.6 Å². The minimum atomic E-state index is 0.143. The summed E-state index contributed by atoms with van der Waals surface area (Å²) in [6, 6.07) is 5.80. The normalized spacial score (nSPS) is 15.9. The van der Waals surface area contributed by atoms with Gasteiger partial charge in [-0.2, -0.15) is 0 Å². The number of piperazine rings is 1. The lowest BCUT2D eigenvalue weighted by Gasteiger charge is -2.36. The van der Waals surface area contributed by atoms with Gasteiger partial charge >= 0.3 is 0 Å². The highest BCUT2D eigenvalue weighted by Crippen LogP contribution is 2.25. The number of hydrogen-bond donors (Lipinski definition) is 1. The quantitative estimate of drug-likeness (QED) is 0.883. The van der Waals surface area contributed by atoms with Crippen LogP contribution in [0.3, 0.4) is 0 Å². The molecule has 1 saturated heterocycles. The van der Waals surface area contributed by atoms with Gasteiger partial charge in [0.15, 0.2) is 0 Å². The van der Waals surface area contributed by atoms with Crippen molar-refractivity contribution in [3.05, 3.63) is 28.8 Å². The number of carbonyl (C=O) groups excluding carboxylic acids is 1. The van der Waals surface area contributed by atoms with Gasteiger partial charge in [0.1, 0.15) is 0 Å². The van der Waals surface area contributed by atoms with Gasteiger partial charge < -0.3 is 15.5 Å². The standard InChI is InChI=1S/C13H18ClN3O/c1-10(18)16-4-6-17(7-5-16)13-3-2-12(14)8-11(13)9-15/h2-3,8H,4-7,9,15H2,1H3. The van der Waals surface area contributed by atoms with Crippen molar-refractivity contribution in [2.75, 3.05) is 31.1 Å². The number of halogens is 1. The van der Waals surface area contributed by atoms with Gasteiger partial charge in [-0.25, -0.2) is 0 Å². The van der Waals surface area contributed by atoms with E-state index in [1.165, 1.54) is 0 Å². The maximum atomic E-state index is 11.3. The van der Waals surface area contributed by atoms with E-state index in [1.807, 2.05) is 23.1 Å². The third kappa shape index (κ3) is 2.76. The predicted molar refractivity (Wildman–Crippen MR) is 73.8 cm³/mol. The number of benzene rings is 1. The first-order valence-electron chi connectivity index (χ1n) is 6.11. The van der Waals surface area contributed by atoms with Crippen molar-refractivity contribution in [2.24, 2.45) is 5.73 Å². The zero-order valence-corrected chi connectivity index (χ0v) is 11.3. The molecular weight excluding hydrogens is 250 g/mol. The molecule has 98 valence electrons. The third-order valence-corrected chi connectivity index (χ3v) is 3.56. The van der Waals surface area contributed by atoms with Crippen LogP contribution in [0.1, 0.15) is 12.5 Å². The van der Waals surface area contributed by atoms with Crippen molar-refractivity contribution in [1.82, 2.24) is 4.90 Å². The van der Waals surface area contributed by atoms with Gasteiger partial charge in [-0.1, -0.05) is 11.6 Å². The van der Waals surface area contributed by atoms with E-state index in [2.05, 4.69) is 4.90 Å². The van der Waals surface area contributed by atoms with Crippen LogP contribution >= 0.6 is 11.6 Å². The number of hydrogen-bond acceptors (Lipinski definition) is 3. The molecule has 1 aliphatic heterocycles. The number of rotatable bonds is 2. The predicted octanol–water partition coefficient (Wildman–Crippen LogP) is 1.47.